The van der Waals surface area contributed by atoms with Gasteiger partial charge < -0.3 is 0 Å². The van der Waals surface area contributed by atoms with Gasteiger partial charge in [-0.05, 0) is 53.3 Å². The molecule has 4 atom stereocenters. The van der Waals surface area contributed by atoms with E-state index in [4.69, 9.17) is 0 Å². The highest BCUT2D eigenvalue weighted by atomic mass is 14.6. The molecule has 0 amide bonds. The summed E-state index contributed by atoms with van der Waals surface area (Å²) >= 11 is 0. The van der Waals surface area contributed by atoms with Gasteiger partial charge in [0.05, 0.1) is 0 Å². The zero-order valence-electron chi connectivity index (χ0n) is 12.3. The molecule has 16 heavy (non-hydrogen) atoms. The summed E-state index contributed by atoms with van der Waals surface area (Å²) in [6.45, 7) is 17.4. The van der Waals surface area contributed by atoms with Crippen molar-refractivity contribution in [1.82, 2.24) is 0 Å². The molecule has 0 spiro atoms. The molecule has 2 fully saturated rings. The first-order valence-corrected chi connectivity index (χ1v) is 7.19. The van der Waals surface area contributed by atoms with Crippen molar-refractivity contribution < 1.29 is 0 Å². The Morgan fingerprint density at radius 3 is 1.25 bits per heavy atom. The molecule has 0 heterocycles. The van der Waals surface area contributed by atoms with E-state index in [0.29, 0.717) is 10.8 Å². The van der Waals surface area contributed by atoms with E-state index in [0.717, 1.165) is 29.6 Å². The fourth-order valence-corrected chi connectivity index (χ4v) is 4.32. The Labute approximate surface area is 102 Å². The third-order valence-electron chi connectivity index (χ3n) is 6.36. The second-order valence-corrected chi connectivity index (χ2v) is 8.00. The lowest BCUT2D eigenvalue weighted by Crippen LogP contribution is -2.37. The first-order chi connectivity index (χ1) is 7.19. The normalized spacial score (nSPS) is 40.7. The maximum Gasteiger partial charge on any atom is -0.0292 e. The van der Waals surface area contributed by atoms with Gasteiger partial charge in [-0.3, -0.25) is 0 Å². The minimum atomic E-state index is 0.533. The van der Waals surface area contributed by atoms with E-state index in [1.807, 2.05) is 0 Å². The van der Waals surface area contributed by atoms with Crippen LogP contribution < -0.4 is 0 Å². The van der Waals surface area contributed by atoms with E-state index < -0.39 is 0 Å². The number of hydrogen-bond acceptors (Lipinski definition) is 0. The predicted octanol–water partition coefficient (Wildman–Crippen LogP) is 4.99. The first kappa shape index (κ1) is 12.5. The Morgan fingerprint density at radius 2 is 1.06 bits per heavy atom. The fraction of sp³-hybridized carbons (Fsp3) is 1.00. The van der Waals surface area contributed by atoms with Gasteiger partial charge in [-0.15, -0.1) is 0 Å². The lowest BCUT2D eigenvalue weighted by Gasteiger charge is -2.44. The summed E-state index contributed by atoms with van der Waals surface area (Å²) in [4.78, 5) is 0. The van der Waals surface area contributed by atoms with E-state index in [1.54, 1.807) is 0 Å². The summed E-state index contributed by atoms with van der Waals surface area (Å²) in [5.74, 6) is 4.76. The molecule has 2 aliphatic carbocycles. The molecule has 0 aliphatic heterocycles. The highest BCUT2D eigenvalue weighted by molar-refractivity contribution is 5.04. The van der Waals surface area contributed by atoms with Gasteiger partial charge in [-0.1, -0.05) is 48.5 Å². The van der Waals surface area contributed by atoms with Crippen LogP contribution in [0, 0.1) is 40.4 Å². The van der Waals surface area contributed by atoms with Crippen LogP contribution in [-0.4, -0.2) is 0 Å². The third kappa shape index (κ3) is 1.83. The summed E-state index contributed by atoms with van der Waals surface area (Å²) in [6.07, 6.45) is 2.93. The molecule has 4 unspecified atom stereocenters. The van der Waals surface area contributed by atoms with Crippen molar-refractivity contribution in [3.8, 4) is 0 Å². The summed E-state index contributed by atoms with van der Waals surface area (Å²) in [7, 11) is 0. The van der Waals surface area contributed by atoms with Crippen LogP contribution in [0.2, 0.25) is 0 Å². The lowest BCUT2D eigenvalue weighted by atomic mass is 9.61. The molecular formula is C16H30. The summed E-state index contributed by atoms with van der Waals surface area (Å²) in [5.41, 5.74) is 1.07. The molecular weight excluding hydrogens is 192 g/mol. The van der Waals surface area contributed by atoms with Crippen molar-refractivity contribution in [3.05, 3.63) is 0 Å². The first-order valence-electron chi connectivity index (χ1n) is 7.19. The molecule has 0 saturated heterocycles. The van der Waals surface area contributed by atoms with Gasteiger partial charge in [0.25, 0.3) is 0 Å². The largest absolute Gasteiger partial charge is 0.0622 e. The smallest absolute Gasteiger partial charge is 0.0292 e. The molecule has 0 aromatic rings. The van der Waals surface area contributed by atoms with Crippen molar-refractivity contribution in [3.63, 3.8) is 0 Å². The molecule has 94 valence electrons. The van der Waals surface area contributed by atoms with Crippen LogP contribution in [0.5, 0.6) is 0 Å². The Morgan fingerprint density at radius 1 is 0.812 bits per heavy atom. The van der Waals surface area contributed by atoms with Crippen LogP contribution in [0.4, 0.5) is 0 Å². The van der Waals surface area contributed by atoms with E-state index in [2.05, 4.69) is 48.5 Å². The second kappa shape index (κ2) is 3.50. The van der Waals surface area contributed by atoms with E-state index >= 15 is 0 Å². The third-order valence-corrected chi connectivity index (χ3v) is 6.36. The SMILES string of the molecule is CC1CC1C(C)(C)C(C)C(C)(C)C1CC1C. The van der Waals surface area contributed by atoms with Gasteiger partial charge >= 0.3 is 0 Å². The summed E-state index contributed by atoms with van der Waals surface area (Å²) in [6, 6.07) is 0. The van der Waals surface area contributed by atoms with Crippen LogP contribution in [0.25, 0.3) is 0 Å². The van der Waals surface area contributed by atoms with Gasteiger partial charge in [-0.2, -0.15) is 0 Å². The van der Waals surface area contributed by atoms with Crippen molar-refractivity contribution in [2.45, 2.75) is 61.3 Å². The van der Waals surface area contributed by atoms with E-state index in [1.165, 1.54) is 12.8 Å². The quantitative estimate of drug-likeness (QED) is 0.629. The monoisotopic (exact) mass is 222 g/mol. The number of hydrogen-bond donors (Lipinski definition) is 0. The second-order valence-electron chi connectivity index (χ2n) is 8.00. The Hall–Kier alpha value is 0. The highest BCUT2D eigenvalue weighted by Crippen LogP contribution is 2.62. The maximum absolute atomic E-state index is 2.51. The van der Waals surface area contributed by atoms with Crippen LogP contribution in [-0.2, 0) is 0 Å². The zero-order chi connectivity index (χ0) is 12.3. The average molecular weight is 222 g/mol. The molecule has 2 saturated carbocycles. The van der Waals surface area contributed by atoms with Crippen molar-refractivity contribution in [2.24, 2.45) is 40.4 Å². The maximum atomic E-state index is 2.51. The minimum absolute atomic E-state index is 0.533. The standard InChI is InChI=1S/C16H30/c1-10-8-13(10)15(4,5)12(3)16(6,7)14-9-11(14)2/h10-14H,8-9H2,1-7H3. The molecule has 0 radical (unpaired) electrons. The minimum Gasteiger partial charge on any atom is -0.0622 e. The fourth-order valence-electron chi connectivity index (χ4n) is 4.32. The molecule has 0 aromatic carbocycles. The Bertz CT molecular complexity index is 246. The molecule has 2 rings (SSSR count). The topological polar surface area (TPSA) is 0 Å². The predicted molar refractivity (Wildman–Crippen MR) is 71.3 cm³/mol. The van der Waals surface area contributed by atoms with E-state index in [-0.39, 0.29) is 0 Å². The van der Waals surface area contributed by atoms with Gasteiger partial charge in [0.1, 0.15) is 0 Å². The highest BCUT2D eigenvalue weighted by Gasteiger charge is 2.55. The Kier molecular flexibility index (Phi) is 2.72. The number of rotatable bonds is 4. The molecule has 0 N–H and O–H groups in total. The van der Waals surface area contributed by atoms with Gasteiger partial charge in [-0.25, -0.2) is 0 Å². The summed E-state index contributed by atoms with van der Waals surface area (Å²) < 4.78 is 0. The van der Waals surface area contributed by atoms with Crippen molar-refractivity contribution in [1.29, 1.82) is 0 Å². The Balaban J connectivity index is 2.08. The van der Waals surface area contributed by atoms with Gasteiger partial charge in [0.2, 0.25) is 0 Å². The van der Waals surface area contributed by atoms with E-state index in [9.17, 15) is 0 Å². The van der Waals surface area contributed by atoms with Crippen molar-refractivity contribution >= 4 is 0 Å². The molecule has 0 aromatic heterocycles. The van der Waals surface area contributed by atoms with Crippen LogP contribution in [0.3, 0.4) is 0 Å². The zero-order valence-corrected chi connectivity index (χ0v) is 12.3. The average Bonchev–Trinajstić information content (AvgIpc) is 3.03. The van der Waals surface area contributed by atoms with Crippen LogP contribution >= 0.6 is 0 Å². The molecule has 2 aliphatic rings. The summed E-state index contributed by atoms with van der Waals surface area (Å²) in [5, 5.41) is 0. The van der Waals surface area contributed by atoms with Crippen LogP contribution in [0.1, 0.15) is 61.3 Å². The lowest BCUT2D eigenvalue weighted by molar-refractivity contribution is 0.0448. The molecule has 0 heteroatoms. The molecule has 0 bridgehead atoms. The van der Waals surface area contributed by atoms with Crippen molar-refractivity contribution in [2.75, 3.05) is 0 Å². The van der Waals surface area contributed by atoms with Crippen LogP contribution in [0.15, 0.2) is 0 Å². The molecule has 0 nitrogen and oxygen atoms in total. The van der Waals surface area contributed by atoms with Gasteiger partial charge in [0.15, 0.2) is 0 Å². The van der Waals surface area contributed by atoms with Gasteiger partial charge in [0, 0.05) is 0 Å².